The van der Waals surface area contributed by atoms with Crippen LogP contribution in [0.1, 0.15) is 19.8 Å². The zero-order chi connectivity index (χ0) is 12.1. The largest absolute Gasteiger partial charge is 0.393 e. The Morgan fingerprint density at radius 1 is 1.50 bits per heavy atom. The minimum Gasteiger partial charge on any atom is -0.393 e. The minimum absolute atomic E-state index is 0.0952. The third-order valence-electron chi connectivity index (χ3n) is 2.20. The molecule has 0 saturated heterocycles. The molecule has 1 atom stereocenters. The van der Waals surface area contributed by atoms with Gasteiger partial charge in [0.15, 0.2) is 23.3 Å². The first kappa shape index (κ1) is 12.6. The molecule has 1 rings (SSSR count). The first-order chi connectivity index (χ1) is 7.54. The van der Waals surface area contributed by atoms with E-state index in [1.165, 1.54) is 0 Å². The van der Waals surface area contributed by atoms with Crippen LogP contribution in [0.4, 0.5) is 20.4 Å². The third-order valence-corrected chi connectivity index (χ3v) is 2.20. The standard InChI is InChI=1S/C10H15F2N3O/c1-2-6(16)3-4-14-10-8(12)5-7(11)9(13)15-10/h5-6,16H,2-4H2,1H3,(H3,13,14,15). The van der Waals surface area contributed by atoms with E-state index in [2.05, 4.69) is 10.3 Å². The number of aliphatic hydroxyl groups is 1. The predicted molar refractivity (Wildman–Crippen MR) is 58.0 cm³/mol. The number of aliphatic hydroxyl groups excluding tert-OH is 1. The number of nitrogens with two attached hydrogens (primary N) is 1. The number of hydrogen-bond acceptors (Lipinski definition) is 4. The van der Waals surface area contributed by atoms with Gasteiger partial charge in [0.1, 0.15) is 0 Å². The fourth-order valence-corrected chi connectivity index (χ4v) is 1.17. The Balaban J connectivity index is 2.57. The van der Waals surface area contributed by atoms with Crippen LogP contribution in [-0.2, 0) is 0 Å². The summed E-state index contributed by atoms with van der Waals surface area (Å²) in [6, 6.07) is 0.681. The van der Waals surface area contributed by atoms with Crippen LogP contribution < -0.4 is 11.1 Å². The minimum atomic E-state index is -0.878. The highest BCUT2D eigenvalue weighted by Crippen LogP contribution is 2.16. The molecule has 0 aromatic carbocycles. The molecule has 1 aromatic heterocycles. The summed E-state index contributed by atoms with van der Waals surface area (Å²) in [5, 5.41) is 11.9. The molecule has 0 radical (unpaired) electrons. The number of aromatic nitrogens is 1. The van der Waals surface area contributed by atoms with Crippen LogP contribution in [0, 0.1) is 11.6 Å². The SMILES string of the molecule is CCC(O)CCNc1nc(N)c(F)cc1F. The second-order valence-corrected chi connectivity index (χ2v) is 3.46. The van der Waals surface area contributed by atoms with E-state index >= 15 is 0 Å². The van der Waals surface area contributed by atoms with Gasteiger partial charge in [-0.1, -0.05) is 6.92 Å². The number of anilines is 2. The van der Waals surface area contributed by atoms with Crippen molar-refractivity contribution in [3.63, 3.8) is 0 Å². The van der Waals surface area contributed by atoms with Crippen molar-refractivity contribution in [3.05, 3.63) is 17.7 Å². The van der Waals surface area contributed by atoms with Crippen molar-refractivity contribution in [2.75, 3.05) is 17.6 Å². The summed E-state index contributed by atoms with van der Waals surface area (Å²) in [7, 11) is 0. The molecule has 1 unspecified atom stereocenters. The van der Waals surface area contributed by atoms with Gasteiger partial charge in [-0.05, 0) is 12.8 Å². The molecule has 1 aromatic rings. The smallest absolute Gasteiger partial charge is 0.168 e. The van der Waals surface area contributed by atoms with E-state index in [9.17, 15) is 13.9 Å². The Bertz CT molecular complexity index is 360. The molecule has 4 N–H and O–H groups in total. The number of nitrogens with zero attached hydrogens (tertiary/aromatic N) is 1. The van der Waals surface area contributed by atoms with E-state index < -0.39 is 17.7 Å². The lowest BCUT2D eigenvalue weighted by Gasteiger charge is -2.10. The first-order valence-corrected chi connectivity index (χ1v) is 5.08. The Morgan fingerprint density at radius 2 is 2.19 bits per heavy atom. The molecule has 4 nitrogen and oxygen atoms in total. The Hall–Kier alpha value is -1.43. The van der Waals surface area contributed by atoms with E-state index in [0.717, 1.165) is 0 Å². The molecule has 0 aliphatic carbocycles. The van der Waals surface area contributed by atoms with E-state index in [0.29, 0.717) is 25.5 Å². The van der Waals surface area contributed by atoms with Gasteiger partial charge in [0.05, 0.1) is 6.10 Å². The molecule has 0 spiro atoms. The summed E-state index contributed by atoms with van der Waals surface area (Å²) in [5.74, 6) is -2.11. The third kappa shape index (κ3) is 3.30. The van der Waals surface area contributed by atoms with Crippen molar-refractivity contribution >= 4 is 11.6 Å². The number of halogens is 2. The van der Waals surface area contributed by atoms with Gasteiger partial charge in [0.2, 0.25) is 0 Å². The molecule has 0 fully saturated rings. The van der Waals surface area contributed by atoms with Crippen molar-refractivity contribution in [2.24, 2.45) is 0 Å². The van der Waals surface area contributed by atoms with E-state index in [-0.39, 0.29) is 11.6 Å². The van der Waals surface area contributed by atoms with Crippen molar-refractivity contribution in [2.45, 2.75) is 25.9 Å². The molecular weight excluding hydrogens is 216 g/mol. The number of nitrogens with one attached hydrogen (secondary N) is 1. The van der Waals surface area contributed by atoms with Crippen molar-refractivity contribution < 1.29 is 13.9 Å². The van der Waals surface area contributed by atoms with Gasteiger partial charge in [-0.3, -0.25) is 0 Å². The van der Waals surface area contributed by atoms with Crippen LogP contribution in [0.5, 0.6) is 0 Å². The summed E-state index contributed by atoms with van der Waals surface area (Å²) >= 11 is 0. The molecule has 6 heteroatoms. The van der Waals surface area contributed by atoms with Crippen molar-refractivity contribution in [1.82, 2.24) is 4.98 Å². The van der Waals surface area contributed by atoms with Gasteiger partial charge in [-0.15, -0.1) is 0 Å². The summed E-state index contributed by atoms with van der Waals surface area (Å²) in [6.07, 6.45) is 0.659. The van der Waals surface area contributed by atoms with Crippen molar-refractivity contribution in [3.8, 4) is 0 Å². The van der Waals surface area contributed by atoms with E-state index in [4.69, 9.17) is 5.73 Å². The number of hydrogen-bond donors (Lipinski definition) is 3. The number of rotatable bonds is 5. The van der Waals surface area contributed by atoms with Gasteiger partial charge < -0.3 is 16.2 Å². The maximum Gasteiger partial charge on any atom is 0.168 e. The van der Waals surface area contributed by atoms with Crippen LogP contribution in [0.25, 0.3) is 0 Å². The summed E-state index contributed by atoms with van der Waals surface area (Å²) in [5.41, 5.74) is 5.21. The van der Waals surface area contributed by atoms with E-state index in [1.54, 1.807) is 0 Å². The number of pyridine rings is 1. The number of nitrogen functional groups attached to an aromatic ring is 1. The zero-order valence-corrected chi connectivity index (χ0v) is 9.00. The summed E-state index contributed by atoms with van der Waals surface area (Å²) in [4.78, 5) is 3.53. The van der Waals surface area contributed by atoms with Crippen LogP contribution in [-0.4, -0.2) is 22.7 Å². The fraction of sp³-hybridized carbons (Fsp3) is 0.500. The topological polar surface area (TPSA) is 71.2 Å². The lowest BCUT2D eigenvalue weighted by atomic mass is 10.2. The monoisotopic (exact) mass is 231 g/mol. The highest BCUT2D eigenvalue weighted by Gasteiger charge is 2.09. The van der Waals surface area contributed by atoms with Gasteiger partial charge >= 0.3 is 0 Å². The Morgan fingerprint density at radius 3 is 2.81 bits per heavy atom. The van der Waals surface area contributed by atoms with Gasteiger partial charge in [-0.25, -0.2) is 13.8 Å². The van der Waals surface area contributed by atoms with Gasteiger partial charge in [0.25, 0.3) is 0 Å². The molecule has 0 bridgehead atoms. The molecular formula is C10H15F2N3O. The maximum absolute atomic E-state index is 13.2. The van der Waals surface area contributed by atoms with Gasteiger partial charge in [-0.2, -0.15) is 0 Å². The lowest BCUT2D eigenvalue weighted by molar-refractivity contribution is 0.164. The highest BCUT2D eigenvalue weighted by molar-refractivity contribution is 5.44. The second-order valence-electron chi connectivity index (χ2n) is 3.46. The van der Waals surface area contributed by atoms with Crippen LogP contribution in [0.3, 0.4) is 0 Å². The highest BCUT2D eigenvalue weighted by atomic mass is 19.1. The summed E-state index contributed by atoms with van der Waals surface area (Å²) < 4.78 is 25.9. The van der Waals surface area contributed by atoms with Gasteiger partial charge in [0, 0.05) is 12.6 Å². The molecule has 0 aliphatic heterocycles. The molecule has 0 aliphatic rings. The molecule has 90 valence electrons. The Kier molecular flexibility index (Phi) is 4.42. The summed E-state index contributed by atoms with van der Waals surface area (Å²) in [6.45, 7) is 2.20. The first-order valence-electron chi connectivity index (χ1n) is 5.08. The zero-order valence-electron chi connectivity index (χ0n) is 9.00. The van der Waals surface area contributed by atoms with Crippen molar-refractivity contribution in [1.29, 1.82) is 0 Å². The van der Waals surface area contributed by atoms with E-state index in [1.807, 2.05) is 6.92 Å². The van der Waals surface area contributed by atoms with Crippen LogP contribution in [0.15, 0.2) is 6.07 Å². The average molecular weight is 231 g/mol. The van der Waals surface area contributed by atoms with Crippen LogP contribution >= 0.6 is 0 Å². The molecule has 0 amide bonds. The lowest BCUT2D eigenvalue weighted by Crippen LogP contribution is -2.14. The quantitative estimate of drug-likeness (QED) is 0.718. The molecule has 0 saturated carbocycles. The maximum atomic E-state index is 13.2. The molecule has 1 heterocycles. The fourth-order valence-electron chi connectivity index (χ4n) is 1.17. The predicted octanol–water partition coefficient (Wildman–Crippen LogP) is 1.51. The van der Waals surface area contributed by atoms with Crippen LogP contribution in [0.2, 0.25) is 0 Å². The average Bonchev–Trinajstić information content (AvgIpc) is 2.25. The molecule has 16 heavy (non-hydrogen) atoms. The Labute approximate surface area is 92.5 Å². The second kappa shape index (κ2) is 5.60. The normalized spacial score (nSPS) is 12.5.